The van der Waals surface area contributed by atoms with E-state index < -0.39 is 5.97 Å². The van der Waals surface area contributed by atoms with Gasteiger partial charge in [-0.1, -0.05) is 73.7 Å². The van der Waals surface area contributed by atoms with E-state index in [1.807, 2.05) is 61.5 Å². The highest BCUT2D eigenvalue weighted by Gasteiger charge is 2.18. The van der Waals surface area contributed by atoms with Crippen LogP contribution >= 0.6 is 0 Å². The molecular formula is C23H22O3. The second-order valence-corrected chi connectivity index (χ2v) is 6.18. The molecule has 0 spiro atoms. The van der Waals surface area contributed by atoms with Gasteiger partial charge in [0.05, 0.1) is 0 Å². The first-order chi connectivity index (χ1) is 12.7. The van der Waals surface area contributed by atoms with Crippen LogP contribution in [0.15, 0.2) is 72.8 Å². The van der Waals surface area contributed by atoms with Crippen LogP contribution < -0.4 is 4.74 Å². The molecule has 0 aliphatic rings. The second-order valence-electron chi connectivity index (χ2n) is 6.18. The van der Waals surface area contributed by atoms with Gasteiger partial charge in [0.25, 0.3) is 0 Å². The molecule has 0 saturated heterocycles. The Bertz CT molecular complexity index is 871. The first-order valence-corrected chi connectivity index (χ1v) is 8.77. The summed E-state index contributed by atoms with van der Waals surface area (Å²) >= 11 is 0. The largest absolute Gasteiger partial charge is 0.488 e. The van der Waals surface area contributed by atoms with E-state index in [1.165, 1.54) is 5.56 Å². The smallest absolute Gasteiger partial charge is 0.339 e. The number of ether oxygens (including phenoxy) is 1. The molecule has 3 heteroatoms. The quantitative estimate of drug-likeness (QED) is 0.646. The summed E-state index contributed by atoms with van der Waals surface area (Å²) in [4.78, 5) is 11.7. The van der Waals surface area contributed by atoms with E-state index in [-0.39, 0.29) is 5.56 Å². The minimum atomic E-state index is -0.964. The Morgan fingerprint density at radius 3 is 2.08 bits per heavy atom. The molecule has 3 rings (SSSR count). The summed E-state index contributed by atoms with van der Waals surface area (Å²) in [7, 11) is 0. The normalized spacial score (nSPS) is 10.5. The molecule has 3 aromatic carbocycles. The Kier molecular flexibility index (Phi) is 5.69. The molecule has 0 heterocycles. The van der Waals surface area contributed by atoms with Crippen molar-refractivity contribution in [2.24, 2.45) is 0 Å². The van der Waals surface area contributed by atoms with Crippen molar-refractivity contribution in [2.75, 3.05) is 0 Å². The number of benzene rings is 3. The van der Waals surface area contributed by atoms with E-state index in [0.29, 0.717) is 18.8 Å². The average molecular weight is 346 g/mol. The third kappa shape index (κ3) is 4.12. The van der Waals surface area contributed by atoms with E-state index in [1.54, 1.807) is 6.07 Å². The maximum Gasteiger partial charge on any atom is 0.339 e. The zero-order valence-corrected chi connectivity index (χ0v) is 14.8. The topological polar surface area (TPSA) is 46.5 Å². The molecule has 0 aliphatic heterocycles. The number of aromatic carboxylic acids is 1. The number of carboxylic acid groups (broad SMARTS) is 1. The van der Waals surface area contributed by atoms with Crippen molar-refractivity contribution in [3.8, 4) is 5.75 Å². The molecule has 3 nitrogen and oxygen atoms in total. The summed E-state index contributed by atoms with van der Waals surface area (Å²) in [6.45, 7) is 2.38. The molecule has 0 aliphatic carbocycles. The van der Waals surface area contributed by atoms with Crippen molar-refractivity contribution in [2.45, 2.75) is 26.4 Å². The van der Waals surface area contributed by atoms with Gasteiger partial charge in [-0.2, -0.15) is 0 Å². The van der Waals surface area contributed by atoms with Crippen molar-refractivity contribution in [1.82, 2.24) is 0 Å². The van der Waals surface area contributed by atoms with Crippen LogP contribution in [0.2, 0.25) is 0 Å². The van der Waals surface area contributed by atoms with Crippen molar-refractivity contribution < 1.29 is 14.6 Å². The van der Waals surface area contributed by atoms with Crippen LogP contribution in [-0.4, -0.2) is 11.1 Å². The van der Waals surface area contributed by atoms with Gasteiger partial charge >= 0.3 is 5.97 Å². The van der Waals surface area contributed by atoms with Gasteiger partial charge in [0.15, 0.2) is 0 Å². The fourth-order valence-electron chi connectivity index (χ4n) is 3.10. The van der Waals surface area contributed by atoms with Crippen LogP contribution in [-0.2, 0) is 19.4 Å². The monoisotopic (exact) mass is 346 g/mol. The summed E-state index contributed by atoms with van der Waals surface area (Å²) in [6.07, 6.45) is 1.47. The van der Waals surface area contributed by atoms with Crippen LogP contribution in [0, 0.1) is 0 Å². The molecular weight excluding hydrogens is 324 g/mol. The maximum absolute atomic E-state index is 11.7. The number of rotatable bonds is 7. The fraction of sp³-hybridized carbons (Fsp3) is 0.174. The summed E-state index contributed by atoms with van der Waals surface area (Å²) in [5.41, 5.74) is 4.49. The van der Waals surface area contributed by atoms with Crippen LogP contribution in [0.1, 0.15) is 39.5 Å². The third-order valence-electron chi connectivity index (χ3n) is 4.40. The molecule has 0 radical (unpaired) electrons. The maximum atomic E-state index is 11.7. The molecule has 0 fully saturated rings. The van der Waals surface area contributed by atoms with Crippen LogP contribution in [0.25, 0.3) is 0 Å². The molecule has 0 bridgehead atoms. The van der Waals surface area contributed by atoms with Crippen molar-refractivity contribution in [1.29, 1.82) is 0 Å². The van der Waals surface area contributed by atoms with E-state index in [4.69, 9.17) is 4.74 Å². The fourth-order valence-corrected chi connectivity index (χ4v) is 3.10. The van der Waals surface area contributed by atoms with E-state index in [2.05, 4.69) is 12.1 Å². The number of hydrogen-bond donors (Lipinski definition) is 1. The highest BCUT2D eigenvalue weighted by Crippen LogP contribution is 2.30. The Morgan fingerprint density at radius 2 is 1.50 bits per heavy atom. The number of carboxylic acids is 1. The van der Waals surface area contributed by atoms with E-state index >= 15 is 0 Å². The van der Waals surface area contributed by atoms with Crippen LogP contribution in [0.3, 0.4) is 0 Å². The van der Waals surface area contributed by atoms with Crippen LogP contribution in [0.5, 0.6) is 5.75 Å². The Hall–Kier alpha value is -3.07. The molecule has 0 aromatic heterocycles. The Morgan fingerprint density at radius 1 is 0.885 bits per heavy atom. The second kappa shape index (κ2) is 8.34. The Balaban J connectivity index is 1.95. The third-order valence-corrected chi connectivity index (χ3v) is 4.40. The molecule has 132 valence electrons. The average Bonchev–Trinajstić information content (AvgIpc) is 2.67. The zero-order valence-electron chi connectivity index (χ0n) is 14.8. The molecule has 0 atom stereocenters. The summed E-state index contributed by atoms with van der Waals surface area (Å²) < 4.78 is 6.00. The standard InChI is InChI=1S/C23H22O3/c1-2-20-19(15-17-9-5-3-6-10-17)13-14-21(23(24)25)22(20)26-16-18-11-7-4-8-12-18/h3-14H,2,15-16H2,1H3,(H,24,25). The first-order valence-electron chi connectivity index (χ1n) is 8.77. The van der Waals surface area contributed by atoms with Gasteiger partial charge in [0, 0.05) is 0 Å². The van der Waals surface area contributed by atoms with Gasteiger partial charge in [0.2, 0.25) is 0 Å². The van der Waals surface area contributed by atoms with Crippen molar-refractivity contribution in [3.05, 3.63) is 101 Å². The lowest BCUT2D eigenvalue weighted by Gasteiger charge is -2.17. The van der Waals surface area contributed by atoms with Gasteiger partial charge in [-0.05, 0) is 41.2 Å². The van der Waals surface area contributed by atoms with Crippen molar-refractivity contribution >= 4 is 5.97 Å². The molecule has 0 unspecified atom stereocenters. The summed E-state index contributed by atoms with van der Waals surface area (Å²) in [6, 6.07) is 23.5. The molecule has 1 N–H and O–H groups in total. The lowest BCUT2D eigenvalue weighted by Crippen LogP contribution is -2.08. The Labute approximate surface area is 153 Å². The van der Waals surface area contributed by atoms with Crippen LogP contribution in [0.4, 0.5) is 0 Å². The highest BCUT2D eigenvalue weighted by molar-refractivity contribution is 5.91. The molecule has 0 amide bonds. The molecule has 0 saturated carbocycles. The predicted molar refractivity (Wildman–Crippen MR) is 103 cm³/mol. The van der Waals surface area contributed by atoms with Gasteiger partial charge < -0.3 is 9.84 Å². The minimum Gasteiger partial charge on any atom is -0.488 e. The predicted octanol–water partition coefficient (Wildman–Crippen LogP) is 5.12. The lowest BCUT2D eigenvalue weighted by atomic mass is 9.95. The van der Waals surface area contributed by atoms with Gasteiger partial charge in [-0.25, -0.2) is 4.79 Å². The molecule has 26 heavy (non-hydrogen) atoms. The van der Waals surface area contributed by atoms with Gasteiger partial charge in [-0.15, -0.1) is 0 Å². The number of hydrogen-bond acceptors (Lipinski definition) is 2. The number of carbonyl (C=O) groups is 1. The van der Waals surface area contributed by atoms with Gasteiger partial charge in [0.1, 0.15) is 17.9 Å². The van der Waals surface area contributed by atoms with Crippen molar-refractivity contribution in [3.63, 3.8) is 0 Å². The molecule has 3 aromatic rings. The summed E-state index contributed by atoms with van der Waals surface area (Å²) in [5, 5.41) is 9.58. The first kappa shape index (κ1) is 17.7. The van der Waals surface area contributed by atoms with E-state index in [0.717, 1.165) is 23.1 Å². The summed E-state index contributed by atoms with van der Waals surface area (Å²) in [5.74, 6) is -0.480. The minimum absolute atomic E-state index is 0.217. The highest BCUT2D eigenvalue weighted by atomic mass is 16.5. The zero-order chi connectivity index (χ0) is 18.4. The SMILES string of the molecule is CCc1c(Cc2ccccc2)ccc(C(=O)O)c1OCc1ccccc1. The van der Waals surface area contributed by atoms with Gasteiger partial charge in [-0.3, -0.25) is 0 Å². The lowest BCUT2D eigenvalue weighted by molar-refractivity contribution is 0.0691. The van der Waals surface area contributed by atoms with E-state index in [9.17, 15) is 9.90 Å².